The molecule has 0 spiro atoms. The number of nitrogens with one attached hydrogen (secondary N) is 1. The molecule has 16 heavy (non-hydrogen) atoms. The van der Waals surface area contributed by atoms with Crippen LogP contribution in [-0.4, -0.2) is 30.5 Å². The van der Waals surface area contributed by atoms with Crippen molar-refractivity contribution >= 4 is 28.8 Å². The average Bonchev–Trinajstić information content (AvgIpc) is 2.84. The minimum absolute atomic E-state index is 0.0300. The summed E-state index contributed by atoms with van der Waals surface area (Å²) in [5, 5.41) is 4.94. The third-order valence-corrected chi connectivity index (χ3v) is 4.21. The number of hydrogen-bond donors (Lipinski definition) is 1. The van der Waals surface area contributed by atoms with Crippen LogP contribution in [0.25, 0.3) is 0 Å². The fourth-order valence-electron chi connectivity index (χ4n) is 1.76. The predicted octanol–water partition coefficient (Wildman–Crippen LogP) is 2.27. The van der Waals surface area contributed by atoms with Crippen LogP contribution in [0.3, 0.4) is 0 Å². The van der Waals surface area contributed by atoms with Crippen molar-refractivity contribution in [1.29, 1.82) is 0 Å². The molecular weight excluding hydrogens is 246 g/mol. The van der Waals surface area contributed by atoms with Gasteiger partial charge in [0.1, 0.15) is 0 Å². The van der Waals surface area contributed by atoms with E-state index in [1.54, 1.807) is 0 Å². The maximum absolute atomic E-state index is 11.9. The van der Waals surface area contributed by atoms with Gasteiger partial charge in [0.2, 0.25) is 0 Å². The van der Waals surface area contributed by atoms with Gasteiger partial charge in [0.05, 0.1) is 10.4 Å². The van der Waals surface area contributed by atoms with E-state index in [1.165, 1.54) is 11.3 Å². The van der Waals surface area contributed by atoms with Gasteiger partial charge in [-0.05, 0) is 24.3 Å². The second-order valence-electron chi connectivity index (χ2n) is 3.96. The monoisotopic (exact) mass is 259 g/mol. The fraction of sp³-hybridized carbons (Fsp3) is 0.545. The average molecular weight is 260 g/mol. The molecule has 1 aliphatic rings. The molecule has 3 nitrogen and oxygen atoms in total. The smallest absolute Gasteiger partial charge is 0.261 e. The van der Waals surface area contributed by atoms with E-state index >= 15 is 0 Å². The van der Waals surface area contributed by atoms with Crippen molar-refractivity contribution in [2.75, 3.05) is 19.1 Å². The first-order chi connectivity index (χ1) is 7.76. The van der Waals surface area contributed by atoms with Gasteiger partial charge in [0.25, 0.3) is 5.91 Å². The highest BCUT2D eigenvalue weighted by Crippen LogP contribution is 2.23. The highest BCUT2D eigenvalue weighted by atomic mass is 35.5. The summed E-state index contributed by atoms with van der Waals surface area (Å²) in [6.07, 6.45) is 1.57. The van der Waals surface area contributed by atoms with Crippen LogP contribution in [0.4, 0.5) is 0 Å². The first-order valence-electron chi connectivity index (χ1n) is 5.25. The number of alkyl halides is 1. The molecule has 0 radical (unpaired) electrons. The van der Waals surface area contributed by atoms with Crippen molar-refractivity contribution in [2.45, 2.75) is 18.4 Å². The standard InChI is InChI=1S/C11H14ClNO2S/c12-8-11(3-5-15-6-4-11)13-10(14)9-2-1-7-16-9/h1-2,7H,3-6,8H2,(H,13,14). The second kappa shape index (κ2) is 5.17. The van der Waals surface area contributed by atoms with Crippen molar-refractivity contribution in [2.24, 2.45) is 0 Å². The van der Waals surface area contributed by atoms with Gasteiger partial charge in [0, 0.05) is 19.1 Å². The Morgan fingerprint density at radius 3 is 2.88 bits per heavy atom. The molecule has 1 saturated heterocycles. The van der Waals surface area contributed by atoms with E-state index in [2.05, 4.69) is 5.32 Å². The van der Waals surface area contributed by atoms with E-state index in [0.29, 0.717) is 19.1 Å². The maximum atomic E-state index is 11.9. The zero-order valence-corrected chi connectivity index (χ0v) is 10.4. The molecule has 1 aliphatic heterocycles. The topological polar surface area (TPSA) is 38.3 Å². The van der Waals surface area contributed by atoms with Gasteiger partial charge in [-0.3, -0.25) is 4.79 Å². The Morgan fingerprint density at radius 2 is 2.31 bits per heavy atom. The van der Waals surface area contributed by atoms with E-state index in [9.17, 15) is 4.79 Å². The molecule has 1 aromatic heterocycles. The second-order valence-corrected chi connectivity index (χ2v) is 5.17. The summed E-state index contributed by atoms with van der Waals surface area (Å²) in [6.45, 7) is 1.33. The Bertz CT molecular complexity index is 347. The minimum Gasteiger partial charge on any atom is -0.381 e. The van der Waals surface area contributed by atoms with Crippen molar-refractivity contribution in [3.63, 3.8) is 0 Å². The molecule has 1 N–H and O–H groups in total. The summed E-state index contributed by atoms with van der Waals surface area (Å²) in [7, 11) is 0. The lowest BCUT2D eigenvalue weighted by Crippen LogP contribution is -2.53. The molecule has 0 bridgehead atoms. The predicted molar refractivity (Wildman–Crippen MR) is 65.3 cm³/mol. The molecule has 5 heteroatoms. The lowest BCUT2D eigenvalue weighted by Gasteiger charge is -2.36. The van der Waals surface area contributed by atoms with Gasteiger partial charge in [-0.15, -0.1) is 22.9 Å². The molecule has 2 rings (SSSR count). The van der Waals surface area contributed by atoms with Crippen LogP contribution in [0.1, 0.15) is 22.5 Å². The van der Waals surface area contributed by atoms with Crippen molar-refractivity contribution < 1.29 is 9.53 Å². The molecule has 0 saturated carbocycles. The first-order valence-corrected chi connectivity index (χ1v) is 6.67. The largest absolute Gasteiger partial charge is 0.381 e. The number of thiophene rings is 1. The van der Waals surface area contributed by atoms with E-state index in [-0.39, 0.29) is 11.4 Å². The van der Waals surface area contributed by atoms with Gasteiger partial charge in [0.15, 0.2) is 0 Å². The van der Waals surface area contributed by atoms with Crippen LogP contribution in [0.2, 0.25) is 0 Å². The highest BCUT2D eigenvalue weighted by molar-refractivity contribution is 7.12. The van der Waals surface area contributed by atoms with Crippen LogP contribution in [0.5, 0.6) is 0 Å². The Hall–Kier alpha value is -0.580. The molecule has 0 aromatic carbocycles. The Balaban J connectivity index is 2.03. The van der Waals surface area contributed by atoms with Crippen LogP contribution in [0, 0.1) is 0 Å². The van der Waals surface area contributed by atoms with Crippen LogP contribution >= 0.6 is 22.9 Å². The SMILES string of the molecule is O=C(NC1(CCl)CCOCC1)c1cccs1. The van der Waals surface area contributed by atoms with Crippen molar-refractivity contribution in [3.8, 4) is 0 Å². The van der Waals surface area contributed by atoms with Gasteiger partial charge in [-0.25, -0.2) is 0 Å². The van der Waals surface area contributed by atoms with Gasteiger partial charge < -0.3 is 10.1 Å². The Labute approximate surface area is 104 Å². The first kappa shape index (κ1) is 11.9. The normalized spacial score (nSPS) is 19.3. The van der Waals surface area contributed by atoms with E-state index < -0.39 is 0 Å². The summed E-state index contributed by atoms with van der Waals surface area (Å²) in [5.41, 5.74) is -0.291. The molecule has 1 fully saturated rings. The highest BCUT2D eigenvalue weighted by Gasteiger charge is 2.33. The number of ether oxygens (including phenoxy) is 1. The molecular formula is C11H14ClNO2S. The number of halogens is 1. The van der Waals surface area contributed by atoms with Crippen molar-refractivity contribution in [3.05, 3.63) is 22.4 Å². The number of carbonyl (C=O) groups is 1. The summed E-state index contributed by atoms with van der Waals surface area (Å²) < 4.78 is 5.29. The molecule has 1 amide bonds. The zero-order chi connectivity index (χ0) is 11.4. The molecule has 0 aliphatic carbocycles. The Morgan fingerprint density at radius 1 is 1.56 bits per heavy atom. The molecule has 0 atom stereocenters. The Kier molecular flexibility index (Phi) is 3.84. The summed E-state index contributed by atoms with van der Waals surface area (Å²) in [6, 6.07) is 3.69. The molecule has 0 unspecified atom stereocenters. The van der Waals surface area contributed by atoms with Crippen LogP contribution < -0.4 is 5.32 Å². The molecule has 1 aromatic rings. The van der Waals surface area contributed by atoms with E-state index in [4.69, 9.17) is 16.3 Å². The molecule has 2 heterocycles. The molecule has 88 valence electrons. The fourth-order valence-corrected chi connectivity index (χ4v) is 2.72. The zero-order valence-electron chi connectivity index (χ0n) is 8.87. The van der Waals surface area contributed by atoms with Gasteiger partial charge in [-0.2, -0.15) is 0 Å². The number of hydrogen-bond acceptors (Lipinski definition) is 3. The lowest BCUT2D eigenvalue weighted by atomic mass is 9.92. The summed E-state index contributed by atoms with van der Waals surface area (Å²) in [5.74, 6) is 0.408. The quantitative estimate of drug-likeness (QED) is 0.846. The number of carbonyl (C=O) groups excluding carboxylic acids is 1. The third kappa shape index (κ3) is 2.56. The van der Waals surface area contributed by atoms with Crippen LogP contribution in [0.15, 0.2) is 17.5 Å². The number of amides is 1. The summed E-state index contributed by atoms with van der Waals surface area (Å²) >= 11 is 7.42. The van der Waals surface area contributed by atoms with Crippen LogP contribution in [-0.2, 0) is 4.74 Å². The van der Waals surface area contributed by atoms with Gasteiger partial charge in [-0.1, -0.05) is 6.07 Å². The van der Waals surface area contributed by atoms with Crippen molar-refractivity contribution in [1.82, 2.24) is 5.32 Å². The maximum Gasteiger partial charge on any atom is 0.261 e. The summed E-state index contributed by atoms with van der Waals surface area (Å²) in [4.78, 5) is 12.7. The minimum atomic E-state index is -0.291. The van der Waals surface area contributed by atoms with E-state index in [1.807, 2.05) is 17.5 Å². The number of rotatable bonds is 3. The van der Waals surface area contributed by atoms with Gasteiger partial charge >= 0.3 is 0 Å². The third-order valence-electron chi connectivity index (χ3n) is 2.83. The van der Waals surface area contributed by atoms with E-state index in [0.717, 1.165) is 17.7 Å². The lowest BCUT2D eigenvalue weighted by molar-refractivity contribution is 0.0435.